The van der Waals surface area contributed by atoms with Crippen LogP contribution in [0.25, 0.3) is 120 Å². The number of furan rings is 2. The van der Waals surface area contributed by atoms with Crippen molar-refractivity contribution in [1.29, 1.82) is 0 Å². The highest BCUT2D eigenvalue weighted by Gasteiger charge is 2.19. The van der Waals surface area contributed by atoms with Gasteiger partial charge in [-0.15, -0.1) is 11.3 Å². The van der Waals surface area contributed by atoms with Crippen molar-refractivity contribution in [3.8, 4) is 56.4 Å². The van der Waals surface area contributed by atoms with Crippen molar-refractivity contribution in [3.63, 3.8) is 0 Å². The Kier molecular flexibility index (Phi) is 7.00. The van der Waals surface area contributed by atoms with Gasteiger partial charge in [0.25, 0.3) is 0 Å². The van der Waals surface area contributed by atoms with Crippen LogP contribution in [0.4, 0.5) is 0 Å². The van der Waals surface area contributed by atoms with Gasteiger partial charge < -0.3 is 8.83 Å². The van der Waals surface area contributed by atoms with Crippen molar-refractivity contribution in [2.45, 2.75) is 0 Å². The molecule has 0 radical (unpaired) electrons. The van der Waals surface area contributed by atoms with Gasteiger partial charge in [-0.2, -0.15) is 0 Å². The summed E-state index contributed by atoms with van der Waals surface area (Å²) in [6.07, 6.45) is 3.52. The van der Waals surface area contributed by atoms with Crippen molar-refractivity contribution < 1.29 is 8.83 Å². The Bertz CT molecular complexity index is 3530. The molecule has 0 atom stereocenters. The molecule has 5 aromatic heterocycles. The highest BCUT2D eigenvalue weighted by molar-refractivity contribution is 7.25. The van der Waals surface area contributed by atoms with E-state index in [0.717, 1.165) is 82.8 Å². The fourth-order valence-corrected chi connectivity index (χ4v) is 9.26. The number of benzene rings is 7. The zero-order valence-electron chi connectivity index (χ0n) is 30.2. The Morgan fingerprint density at radius 1 is 0.386 bits per heavy atom. The quantitative estimate of drug-likeness (QED) is 0.174. The lowest BCUT2D eigenvalue weighted by molar-refractivity contribution is 0.669. The summed E-state index contributed by atoms with van der Waals surface area (Å²) in [5.74, 6) is 1.68. The zero-order chi connectivity index (χ0) is 37.5. The number of aromatic nitrogens is 4. The Balaban J connectivity index is 0.971. The maximum atomic E-state index is 6.68. The van der Waals surface area contributed by atoms with Crippen LogP contribution < -0.4 is 0 Å². The Morgan fingerprint density at radius 3 is 1.82 bits per heavy atom. The normalized spacial score (nSPS) is 11.9. The van der Waals surface area contributed by atoms with Crippen molar-refractivity contribution in [1.82, 2.24) is 19.9 Å². The van der Waals surface area contributed by atoms with Gasteiger partial charge in [-0.1, -0.05) is 103 Å². The molecule has 6 nitrogen and oxygen atoms in total. The maximum absolute atomic E-state index is 6.68. The fourth-order valence-electron chi connectivity index (χ4n) is 8.11. The SMILES string of the molecule is c1cncc(-c2nc(-c3ccc(-c4ccc(-c5ccc6c(c5)sc5ccccc56)c5oc6ccccc6c45)cc3)nc(-c3ccc4c(c3)oc3ccccc34)n2)c1. The predicted molar refractivity (Wildman–Crippen MR) is 232 cm³/mol. The van der Waals surface area contributed by atoms with Gasteiger partial charge in [0.2, 0.25) is 0 Å². The van der Waals surface area contributed by atoms with Gasteiger partial charge in [-0.25, -0.2) is 15.0 Å². The van der Waals surface area contributed by atoms with E-state index >= 15 is 0 Å². The second kappa shape index (κ2) is 12.5. The second-order valence-electron chi connectivity index (χ2n) is 14.2. The minimum atomic E-state index is 0.549. The van der Waals surface area contributed by atoms with E-state index in [9.17, 15) is 0 Å². The molecule has 0 spiro atoms. The third kappa shape index (κ3) is 5.17. The number of pyridine rings is 1. The minimum Gasteiger partial charge on any atom is -0.456 e. The van der Waals surface area contributed by atoms with Crippen molar-refractivity contribution in [3.05, 3.63) is 170 Å². The molecule has 0 amide bonds. The number of hydrogen-bond donors (Lipinski definition) is 0. The first-order valence-electron chi connectivity index (χ1n) is 18.8. The first-order valence-corrected chi connectivity index (χ1v) is 19.6. The van der Waals surface area contributed by atoms with Crippen LogP contribution in [-0.2, 0) is 0 Å². The molecule has 7 aromatic carbocycles. The standard InChI is InChI=1S/C50H28N4O2S/c1-4-12-41-36(9-1)37-21-20-32(26-43(37)55-41)49-52-48(53-50(54-49)33-8-7-25-51-28-33)30-17-15-29(16-18-30)34-23-24-35(47-46(34)40-11-2-5-13-42(40)56-47)31-19-22-39-38-10-3-6-14-44(38)57-45(39)27-31/h1-28H. The van der Waals surface area contributed by atoms with Gasteiger partial charge in [0.1, 0.15) is 22.3 Å². The predicted octanol–water partition coefficient (Wildman–Crippen LogP) is 13.8. The summed E-state index contributed by atoms with van der Waals surface area (Å²) >= 11 is 1.83. The summed E-state index contributed by atoms with van der Waals surface area (Å²) in [6, 6.07) is 54.6. The van der Waals surface area contributed by atoms with E-state index in [2.05, 4.69) is 108 Å². The van der Waals surface area contributed by atoms with E-state index < -0.39 is 0 Å². The van der Waals surface area contributed by atoms with E-state index in [0.29, 0.717) is 17.5 Å². The summed E-state index contributed by atoms with van der Waals surface area (Å²) < 4.78 is 15.5. The van der Waals surface area contributed by atoms with Crippen LogP contribution in [-0.4, -0.2) is 19.9 Å². The molecule has 0 unspecified atom stereocenters. The monoisotopic (exact) mass is 748 g/mol. The third-order valence-corrected chi connectivity index (χ3v) is 12.0. The summed E-state index contributed by atoms with van der Waals surface area (Å²) in [6.45, 7) is 0. The molecule has 0 N–H and O–H groups in total. The van der Waals surface area contributed by atoms with Crippen LogP contribution in [0.3, 0.4) is 0 Å². The van der Waals surface area contributed by atoms with Crippen LogP contribution in [0.2, 0.25) is 0 Å². The number of hydrogen-bond acceptors (Lipinski definition) is 7. The molecular weight excluding hydrogens is 721 g/mol. The number of fused-ring (bicyclic) bond motifs is 9. The lowest BCUT2D eigenvalue weighted by Crippen LogP contribution is -2.00. The molecule has 0 saturated heterocycles. The molecule has 0 aliphatic carbocycles. The summed E-state index contributed by atoms with van der Waals surface area (Å²) in [4.78, 5) is 19.3. The van der Waals surface area contributed by atoms with Crippen LogP contribution in [0.5, 0.6) is 0 Å². The molecule has 12 aromatic rings. The molecule has 0 bridgehead atoms. The summed E-state index contributed by atoms with van der Waals surface area (Å²) in [7, 11) is 0. The lowest BCUT2D eigenvalue weighted by Gasteiger charge is -2.11. The van der Waals surface area contributed by atoms with Crippen LogP contribution >= 0.6 is 11.3 Å². The molecule has 0 aliphatic heterocycles. The molecule has 0 fully saturated rings. The zero-order valence-corrected chi connectivity index (χ0v) is 31.0. The van der Waals surface area contributed by atoms with Gasteiger partial charge in [-0.05, 0) is 71.3 Å². The van der Waals surface area contributed by atoms with E-state index in [1.807, 2.05) is 65.9 Å². The Morgan fingerprint density at radius 2 is 1.00 bits per heavy atom. The molecule has 12 rings (SSSR count). The summed E-state index contributed by atoms with van der Waals surface area (Å²) in [5.41, 5.74) is 10.3. The smallest absolute Gasteiger partial charge is 0.165 e. The van der Waals surface area contributed by atoms with Crippen molar-refractivity contribution in [2.24, 2.45) is 0 Å². The number of rotatable bonds is 5. The van der Waals surface area contributed by atoms with Crippen LogP contribution in [0.1, 0.15) is 0 Å². The van der Waals surface area contributed by atoms with E-state index in [1.54, 1.807) is 12.4 Å². The van der Waals surface area contributed by atoms with E-state index in [1.165, 1.54) is 20.2 Å². The van der Waals surface area contributed by atoms with Gasteiger partial charge in [0.05, 0.1) is 0 Å². The van der Waals surface area contributed by atoms with Crippen molar-refractivity contribution >= 4 is 75.4 Å². The fraction of sp³-hybridized carbons (Fsp3) is 0. The van der Waals surface area contributed by atoms with Gasteiger partial charge in [-0.3, -0.25) is 4.98 Å². The number of nitrogens with zero attached hydrogens (tertiary/aromatic N) is 4. The molecular formula is C50H28N4O2S. The maximum Gasteiger partial charge on any atom is 0.165 e. The Labute approximate surface area is 329 Å². The topological polar surface area (TPSA) is 77.8 Å². The molecule has 266 valence electrons. The highest BCUT2D eigenvalue weighted by atomic mass is 32.1. The highest BCUT2D eigenvalue weighted by Crippen LogP contribution is 2.44. The minimum absolute atomic E-state index is 0.549. The molecule has 0 saturated carbocycles. The van der Waals surface area contributed by atoms with Gasteiger partial charge in [0.15, 0.2) is 17.5 Å². The molecule has 57 heavy (non-hydrogen) atoms. The number of thiophene rings is 1. The van der Waals surface area contributed by atoms with Gasteiger partial charge in [0, 0.05) is 76.4 Å². The Hall–Kier alpha value is -7.48. The molecule has 7 heteroatoms. The lowest BCUT2D eigenvalue weighted by atomic mass is 9.94. The second-order valence-corrected chi connectivity index (χ2v) is 15.3. The van der Waals surface area contributed by atoms with Crippen LogP contribution in [0.15, 0.2) is 179 Å². The van der Waals surface area contributed by atoms with Gasteiger partial charge >= 0.3 is 0 Å². The molecule has 5 heterocycles. The number of para-hydroxylation sites is 2. The average Bonchev–Trinajstić information content (AvgIpc) is 3.97. The molecule has 0 aliphatic rings. The average molecular weight is 749 g/mol. The van der Waals surface area contributed by atoms with E-state index in [4.69, 9.17) is 23.8 Å². The van der Waals surface area contributed by atoms with E-state index in [-0.39, 0.29) is 0 Å². The van der Waals surface area contributed by atoms with Crippen molar-refractivity contribution in [2.75, 3.05) is 0 Å². The van der Waals surface area contributed by atoms with Crippen LogP contribution in [0, 0.1) is 0 Å². The first kappa shape index (κ1) is 31.8. The summed E-state index contributed by atoms with van der Waals surface area (Å²) in [5, 5.41) is 6.88. The largest absolute Gasteiger partial charge is 0.456 e. The third-order valence-electron chi connectivity index (χ3n) is 10.9. The first-order chi connectivity index (χ1) is 28.2.